The number of nitrogens with two attached hydrogens (primary N) is 1. The molecule has 2 N–H and O–H groups in total. The lowest BCUT2D eigenvalue weighted by Gasteiger charge is -2.03. The number of ketones is 1. The molecule has 0 atom stereocenters. The van der Waals surface area contributed by atoms with Crippen molar-refractivity contribution in [1.29, 1.82) is 0 Å². The molecule has 1 aromatic carbocycles. The summed E-state index contributed by atoms with van der Waals surface area (Å²) in [6.45, 7) is 0. The largest absolute Gasteiger partial charge is 0.494 e. The van der Waals surface area contributed by atoms with Crippen molar-refractivity contribution in [1.82, 2.24) is 10.2 Å². The van der Waals surface area contributed by atoms with Crippen LogP contribution < -0.4 is 10.5 Å². The zero-order chi connectivity index (χ0) is 16.8. The number of nitrogens with zero attached hydrogens (tertiary/aromatic N) is 2. The Labute approximate surface area is 144 Å². The molecule has 0 aliphatic carbocycles. The summed E-state index contributed by atoms with van der Waals surface area (Å²) in [5, 5.41) is 7.81. The van der Waals surface area contributed by atoms with Crippen molar-refractivity contribution >= 4 is 46.6 Å². The Hall–Kier alpha value is -1.65. The van der Waals surface area contributed by atoms with Crippen LogP contribution in [0.3, 0.4) is 0 Å². The Morgan fingerprint density at radius 1 is 1.26 bits per heavy atom. The average molecular weight is 373 g/mol. The quantitative estimate of drug-likeness (QED) is 0.560. The molecule has 0 aliphatic rings. The maximum Gasteiger partial charge on any atom is 0.227 e. The van der Waals surface area contributed by atoms with Gasteiger partial charge in [0.05, 0.1) is 18.6 Å². The van der Waals surface area contributed by atoms with Crippen molar-refractivity contribution in [3.05, 3.63) is 29.6 Å². The number of carbonyl (C=O) groups excluding carboxylic acids is 2. The van der Waals surface area contributed by atoms with Gasteiger partial charge < -0.3 is 10.5 Å². The van der Waals surface area contributed by atoms with Crippen molar-refractivity contribution < 1.29 is 18.7 Å². The van der Waals surface area contributed by atoms with E-state index in [9.17, 15) is 14.0 Å². The second-order valence-corrected chi connectivity index (χ2v) is 7.57. The van der Waals surface area contributed by atoms with Gasteiger partial charge in [-0.25, -0.2) is 4.39 Å². The topological polar surface area (TPSA) is 95.2 Å². The van der Waals surface area contributed by atoms with Gasteiger partial charge in [-0.2, -0.15) is 0 Å². The van der Waals surface area contributed by atoms with Crippen LogP contribution in [0.5, 0.6) is 5.75 Å². The lowest BCUT2D eigenvalue weighted by Crippen LogP contribution is -2.12. The summed E-state index contributed by atoms with van der Waals surface area (Å²) in [6, 6.07) is 4.08. The third-order valence-corrected chi connectivity index (χ3v) is 5.74. The Kier molecular flexibility index (Phi) is 6.37. The summed E-state index contributed by atoms with van der Waals surface area (Å²) in [4.78, 5) is 22.7. The van der Waals surface area contributed by atoms with Crippen molar-refractivity contribution in [3.8, 4) is 5.75 Å². The molecule has 0 spiro atoms. The van der Waals surface area contributed by atoms with Crippen LogP contribution in [-0.2, 0) is 4.79 Å². The monoisotopic (exact) mass is 373 g/mol. The number of benzene rings is 1. The highest BCUT2D eigenvalue weighted by Gasteiger charge is 2.13. The van der Waals surface area contributed by atoms with E-state index >= 15 is 0 Å². The van der Waals surface area contributed by atoms with E-state index in [1.165, 1.54) is 54.1 Å². The summed E-state index contributed by atoms with van der Waals surface area (Å²) in [6.07, 6.45) is 0. The van der Waals surface area contributed by atoms with Gasteiger partial charge >= 0.3 is 0 Å². The molecule has 1 heterocycles. The number of amides is 1. The minimum absolute atomic E-state index is 0.0921. The normalized spacial score (nSPS) is 10.5. The SMILES string of the molecule is COc1ccc(C(=O)CSc2nnc(SCC(N)=O)s2)cc1F. The van der Waals surface area contributed by atoms with Gasteiger partial charge in [0, 0.05) is 5.56 Å². The van der Waals surface area contributed by atoms with E-state index in [1.54, 1.807) is 0 Å². The van der Waals surface area contributed by atoms with E-state index in [-0.39, 0.29) is 28.6 Å². The molecule has 0 saturated carbocycles. The number of Topliss-reactive ketones (excluding diaryl/α,β-unsaturated/α-hetero) is 1. The lowest BCUT2D eigenvalue weighted by atomic mass is 10.1. The Morgan fingerprint density at radius 3 is 2.48 bits per heavy atom. The number of aromatic nitrogens is 2. The first-order valence-corrected chi connectivity index (χ1v) is 9.02. The van der Waals surface area contributed by atoms with E-state index < -0.39 is 11.7 Å². The van der Waals surface area contributed by atoms with Crippen molar-refractivity contribution in [3.63, 3.8) is 0 Å². The van der Waals surface area contributed by atoms with Gasteiger partial charge in [-0.3, -0.25) is 9.59 Å². The lowest BCUT2D eigenvalue weighted by molar-refractivity contribution is -0.115. The van der Waals surface area contributed by atoms with Crippen LogP contribution >= 0.6 is 34.9 Å². The predicted octanol–water partition coefficient (Wildman–Crippen LogP) is 2.24. The van der Waals surface area contributed by atoms with E-state index in [1.807, 2.05) is 0 Å². The number of halogens is 1. The third-order valence-electron chi connectivity index (χ3n) is 2.53. The smallest absolute Gasteiger partial charge is 0.227 e. The molecule has 0 saturated heterocycles. The molecule has 6 nitrogen and oxygen atoms in total. The van der Waals surface area contributed by atoms with E-state index in [0.717, 1.165) is 6.07 Å². The van der Waals surface area contributed by atoms with Crippen LogP contribution in [-0.4, -0.2) is 40.5 Å². The number of rotatable bonds is 8. The number of ether oxygens (including phenoxy) is 1. The van der Waals surface area contributed by atoms with Crippen molar-refractivity contribution in [2.75, 3.05) is 18.6 Å². The number of methoxy groups -OCH3 is 1. The molecule has 1 aromatic heterocycles. The van der Waals surface area contributed by atoms with Gasteiger partial charge in [0.15, 0.2) is 26.0 Å². The summed E-state index contributed by atoms with van der Waals surface area (Å²) < 4.78 is 19.6. The van der Waals surface area contributed by atoms with Crippen molar-refractivity contribution in [2.24, 2.45) is 5.73 Å². The molecule has 2 rings (SSSR count). The van der Waals surface area contributed by atoms with Crippen molar-refractivity contribution in [2.45, 2.75) is 8.68 Å². The Morgan fingerprint density at radius 2 is 1.91 bits per heavy atom. The highest BCUT2D eigenvalue weighted by atomic mass is 32.2. The molecule has 2 aromatic rings. The fraction of sp³-hybridized carbons (Fsp3) is 0.231. The van der Waals surface area contributed by atoms with Gasteiger partial charge in [0.25, 0.3) is 0 Å². The minimum atomic E-state index is -0.579. The van der Waals surface area contributed by atoms with E-state index in [2.05, 4.69) is 10.2 Å². The first kappa shape index (κ1) is 17.7. The van der Waals surface area contributed by atoms with Gasteiger partial charge in [-0.1, -0.05) is 34.9 Å². The highest BCUT2D eigenvalue weighted by Crippen LogP contribution is 2.29. The molecule has 0 bridgehead atoms. The molecule has 122 valence electrons. The molecular formula is C13H12FN3O3S3. The molecule has 1 amide bonds. The first-order chi connectivity index (χ1) is 11.0. The Balaban J connectivity index is 1.91. The van der Waals surface area contributed by atoms with Crippen LogP contribution in [0.1, 0.15) is 10.4 Å². The minimum Gasteiger partial charge on any atom is -0.494 e. The number of hydrogen-bond donors (Lipinski definition) is 1. The molecule has 0 radical (unpaired) electrons. The van der Waals surface area contributed by atoms with Gasteiger partial charge in [0.2, 0.25) is 5.91 Å². The van der Waals surface area contributed by atoms with Gasteiger partial charge in [0.1, 0.15) is 0 Å². The maximum atomic E-state index is 13.6. The standard InChI is InChI=1S/C13H12FN3O3S3/c1-20-10-3-2-7(4-8(10)14)9(18)5-21-12-16-17-13(23-12)22-6-11(15)19/h2-4H,5-6H2,1H3,(H2,15,19). The summed E-state index contributed by atoms with van der Waals surface area (Å²) in [7, 11) is 1.36. The predicted molar refractivity (Wildman–Crippen MR) is 87.8 cm³/mol. The number of carbonyl (C=O) groups is 2. The Bertz CT molecular complexity index is 723. The molecular weight excluding hydrogens is 361 g/mol. The highest BCUT2D eigenvalue weighted by molar-refractivity contribution is 8.03. The van der Waals surface area contributed by atoms with Gasteiger partial charge in [-0.15, -0.1) is 10.2 Å². The molecule has 0 aliphatic heterocycles. The zero-order valence-electron chi connectivity index (χ0n) is 11.9. The zero-order valence-corrected chi connectivity index (χ0v) is 14.4. The second-order valence-electron chi connectivity index (χ2n) is 4.15. The fourth-order valence-corrected chi connectivity index (χ4v) is 4.15. The number of primary amides is 1. The molecule has 0 fully saturated rings. The van der Waals surface area contributed by atoms with Crippen LogP contribution in [0.15, 0.2) is 26.9 Å². The maximum absolute atomic E-state index is 13.6. The molecule has 0 unspecified atom stereocenters. The molecule has 10 heteroatoms. The van der Waals surface area contributed by atoms with Crippen LogP contribution in [0, 0.1) is 5.82 Å². The summed E-state index contributed by atoms with van der Waals surface area (Å²) in [5.41, 5.74) is 5.32. The van der Waals surface area contributed by atoms with Crippen LogP contribution in [0.2, 0.25) is 0 Å². The van der Waals surface area contributed by atoms with Crippen LogP contribution in [0.25, 0.3) is 0 Å². The van der Waals surface area contributed by atoms with Gasteiger partial charge in [-0.05, 0) is 18.2 Å². The second kappa shape index (κ2) is 8.27. The average Bonchev–Trinajstić information content (AvgIpc) is 2.98. The van der Waals surface area contributed by atoms with Crippen LogP contribution in [0.4, 0.5) is 4.39 Å². The number of thioether (sulfide) groups is 2. The summed E-state index contributed by atoms with van der Waals surface area (Å²) >= 11 is 3.67. The molecule has 23 heavy (non-hydrogen) atoms. The fourth-order valence-electron chi connectivity index (χ4n) is 1.50. The van der Waals surface area contributed by atoms with E-state index in [0.29, 0.717) is 8.68 Å². The first-order valence-electron chi connectivity index (χ1n) is 6.23. The third kappa shape index (κ3) is 5.19. The summed E-state index contributed by atoms with van der Waals surface area (Å²) in [5.74, 6) is -0.905. The van der Waals surface area contributed by atoms with E-state index in [4.69, 9.17) is 10.5 Å². The number of hydrogen-bond acceptors (Lipinski definition) is 8.